The van der Waals surface area contributed by atoms with Crippen LogP contribution in [-0.2, 0) is 4.79 Å². The molecule has 1 saturated heterocycles. The van der Waals surface area contributed by atoms with Gasteiger partial charge in [0.1, 0.15) is 11.6 Å². The average Bonchev–Trinajstić information content (AvgIpc) is 3.25. The fourth-order valence-electron chi connectivity index (χ4n) is 4.48. The molecule has 0 bridgehead atoms. The summed E-state index contributed by atoms with van der Waals surface area (Å²) in [5, 5.41) is 5.67. The van der Waals surface area contributed by atoms with E-state index in [0.29, 0.717) is 24.6 Å². The van der Waals surface area contributed by atoms with Crippen LogP contribution in [0.15, 0.2) is 46.9 Å². The van der Waals surface area contributed by atoms with Crippen LogP contribution in [-0.4, -0.2) is 59.0 Å². The van der Waals surface area contributed by atoms with Gasteiger partial charge in [-0.1, -0.05) is 22.0 Å². The third-order valence-corrected chi connectivity index (χ3v) is 6.73. The van der Waals surface area contributed by atoms with Gasteiger partial charge in [-0.15, -0.1) is 0 Å². The Morgan fingerprint density at radius 2 is 1.60 bits per heavy atom. The summed E-state index contributed by atoms with van der Waals surface area (Å²) in [7, 11) is 0. The van der Waals surface area contributed by atoms with Crippen molar-refractivity contribution in [2.75, 3.05) is 18.4 Å². The quantitative estimate of drug-likeness (QED) is 0.543. The van der Waals surface area contributed by atoms with Gasteiger partial charge in [0.2, 0.25) is 0 Å². The molecule has 1 aliphatic carbocycles. The molecule has 1 atom stereocenters. The van der Waals surface area contributed by atoms with Crippen molar-refractivity contribution in [3.05, 3.63) is 64.1 Å². The molecule has 1 aliphatic heterocycles. The van der Waals surface area contributed by atoms with Gasteiger partial charge >= 0.3 is 6.03 Å². The minimum Gasteiger partial charge on any atom is -0.350 e. The van der Waals surface area contributed by atoms with Gasteiger partial charge in [0, 0.05) is 47.0 Å². The largest absolute Gasteiger partial charge is 0.350 e. The molecule has 1 heterocycles. The fraction of sp³-hybridized carbons (Fsp3) is 0.375. The zero-order valence-electron chi connectivity index (χ0n) is 18.8. The Balaban J connectivity index is 1.58. The summed E-state index contributed by atoms with van der Waals surface area (Å²) in [6, 6.07) is 8.80. The molecule has 4 N–H and O–H groups in total. The SMILES string of the molecule is NC1CCC(NC(=O)C2N(C(=O)Nc3cccc(Br)c3)CCN2C(=O)c2cc(F)cc(F)c2)CC1. The van der Waals surface area contributed by atoms with Gasteiger partial charge in [-0.2, -0.15) is 0 Å². The highest BCUT2D eigenvalue weighted by Crippen LogP contribution is 2.24. The number of carbonyl (C=O) groups is 3. The molecule has 2 aromatic rings. The molecule has 0 spiro atoms. The lowest BCUT2D eigenvalue weighted by atomic mass is 9.92. The molecule has 186 valence electrons. The number of hydrogen-bond donors (Lipinski definition) is 3. The normalized spacial score (nSPS) is 22.1. The van der Waals surface area contributed by atoms with E-state index < -0.39 is 35.6 Å². The van der Waals surface area contributed by atoms with E-state index in [1.54, 1.807) is 24.3 Å². The third kappa shape index (κ3) is 5.96. The highest BCUT2D eigenvalue weighted by molar-refractivity contribution is 9.10. The molecule has 2 aromatic carbocycles. The first-order chi connectivity index (χ1) is 16.7. The third-order valence-electron chi connectivity index (χ3n) is 6.23. The first-order valence-corrected chi connectivity index (χ1v) is 12.2. The lowest BCUT2D eigenvalue weighted by Gasteiger charge is -2.32. The standard InChI is InChI=1S/C24H26BrF2N5O3/c25-15-2-1-3-20(12-15)30-24(35)32-9-8-31(23(34)14-10-16(26)13-17(27)11-14)22(32)21(33)29-19-6-4-18(28)5-7-19/h1-3,10-13,18-19,22H,4-9,28H2,(H,29,33)(H,30,35). The minimum atomic E-state index is -1.28. The molecule has 1 unspecified atom stereocenters. The van der Waals surface area contributed by atoms with E-state index in [1.165, 1.54) is 9.80 Å². The maximum absolute atomic E-state index is 13.8. The van der Waals surface area contributed by atoms with Crippen LogP contribution in [0.25, 0.3) is 0 Å². The minimum absolute atomic E-state index is 0.0243. The predicted octanol–water partition coefficient (Wildman–Crippen LogP) is 3.43. The molecule has 0 aromatic heterocycles. The van der Waals surface area contributed by atoms with Crippen molar-refractivity contribution in [3.63, 3.8) is 0 Å². The van der Waals surface area contributed by atoms with Gasteiger partial charge in [0.15, 0.2) is 6.17 Å². The van der Waals surface area contributed by atoms with E-state index in [9.17, 15) is 23.2 Å². The zero-order chi connectivity index (χ0) is 25.1. The van der Waals surface area contributed by atoms with Crippen molar-refractivity contribution in [3.8, 4) is 0 Å². The van der Waals surface area contributed by atoms with Crippen LogP contribution in [0, 0.1) is 11.6 Å². The highest BCUT2D eigenvalue weighted by atomic mass is 79.9. The summed E-state index contributed by atoms with van der Waals surface area (Å²) in [5.74, 6) is -3.09. The van der Waals surface area contributed by atoms with E-state index in [2.05, 4.69) is 26.6 Å². The number of hydrogen-bond acceptors (Lipinski definition) is 4. The molecule has 2 fully saturated rings. The Bertz CT molecular complexity index is 1110. The molecule has 4 amide bonds. The Morgan fingerprint density at radius 3 is 2.26 bits per heavy atom. The first kappa shape index (κ1) is 25.1. The highest BCUT2D eigenvalue weighted by Gasteiger charge is 2.43. The number of anilines is 1. The van der Waals surface area contributed by atoms with Crippen molar-refractivity contribution in [2.24, 2.45) is 5.73 Å². The van der Waals surface area contributed by atoms with Crippen LogP contribution in [0.1, 0.15) is 36.0 Å². The van der Waals surface area contributed by atoms with Crippen LogP contribution >= 0.6 is 15.9 Å². The molecular formula is C24H26BrF2N5O3. The van der Waals surface area contributed by atoms with Crippen molar-refractivity contribution in [2.45, 2.75) is 43.9 Å². The topological polar surface area (TPSA) is 108 Å². The van der Waals surface area contributed by atoms with Crippen LogP contribution in [0.2, 0.25) is 0 Å². The second kappa shape index (κ2) is 10.7. The van der Waals surface area contributed by atoms with Crippen LogP contribution < -0.4 is 16.4 Å². The van der Waals surface area contributed by atoms with E-state index in [4.69, 9.17) is 5.73 Å². The predicted molar refractivity (Wildman–Crippen MR) is 129 cm³/mol. The van der Waals surface area contributed by atoms with Gasteiger partial charge in [-0.25, -0.2) is 13.6 Å². The fourth-order valence-corrected chi connectivity index (χ4v) is 4.88. The number of carbonyl (C=O) groups excluding carboxylic acids is 3. The maximum atomic E-state index is 13.8. The van der Waals surface area contributed by atoms with Gasteiger partial charge in [-0.05, 0) is 56.0 Å². The van der Waals surface area contributed by atoms with Gasteiger partial charge in [0.05, 0.1) is 0 Å². The second-order valence-electron chi connectivity index (χ2n) is 8.78. The lowest BCUT2D eigenvalue weighted by Crippen LogP contribution is -2.56. The smallest absolute Gasteiger partial charge is 0.323 e. The van der Waals surface area contributed by atoms with Crippen LogP contribution in [0.3, 0.4) is 0 Å². The lowest BCUT2D eigenvalue weighted by molar-refractivity contribution is -0.128. The number of urea groups is 1. The molecule has 0 radical (unpaired) electrons. The maximum Gasteiger partial charge on any atom is 0.323 e. The number of nitrogens with zero attached hydrogens (tertiary/aromatic N) is 2. The van der Waals surface area contributed by atoms with Gasteiger partial charge in [0.25, 0.3) is 11.8 Å². The van der Waals surface area contributed by atoms with E-state index >= 15 is 0 Å². The number of nitrogens with two attached hydrogens (primary N) is 1. The van der Waals surface area contributed by atoms with Gasteiger partial charge < -0.3 is 21.3 Å². The Kier molecular flexibility index (Phi) is 7.66. The molecule has 35 heavy (non-hydrogen) atoms. The summed E-state index contributed by atoms with van der Waals surface area (Å²) in [5.41, 5.74) is 6.22. The molecule has 8 nitrogen and oxygen atoms in total. The van der Waals surface area contributed by atoms with Gasteiger partial charge in [-0.3, -0.25) is 14.5 Å². The number of amides is 4. The number of rotatable bonds is 4. The van der Waals surface area contributed by atoms with E-state index in [-0.39, 0.29) is 30.7 Å². The molecular weight excluding hydrogens is 524 g/mol. The Hall–Kier alpha value is -3.05. The number of benzene rings is 2. The summed E-state index contributed by atoms with van der Waals surface area (Å²) in [6.45, 7) is 0.0908. The molecule has 11 heteroatoms. The van der Waals surface area contributed by atoms with Crippen LogP contribution in [0.5, 0.6) is 0 Å². The summed E-state index contributed by atoms with van der Waals surface area (Å²) >= 11 is 3.34. The van der Waals surface area contributed by atoms with E-state index in [0.717, 1.165) is 29.4 Å². The molecule has 1 saturated carbocycles. The Labute approximate surface area is 209 Å². The van der Waals surface area contributed by atoms with Crippen molar-refractivity contribution in [1.82, 2.24) is 15.1 Å². The first-order valence-electron chi connectivity index (χ1n) is 11.4. The summed E-state index contributed by atoms with van der Waals surface area (Å²) in [4.78, 5) is 42.1. The molecule has 4 rings (SSSR count). The van der Waals surface area contributed by atoms with E-state index in [1.807, 2.05) is 0 Å². The second-order valence-corrected chi connectivity index (χ2v) is 9.70. The molecule has 2 aliphatic rings. The van der Waals surface area contributed by atoms with Crippen molar-refractivity contribution >= 4 is 39.5 Å². The number of nitrogens with one attached hydrogen (secondary N) is 2. The summed E-state index contributed by atoms with van der Waals surface area (Å²) < 4.78 is 28.3. The van der Waals surface area contributed by atoms with Crippen molar-refractivity contribution < 1.29 is 23.2 Å². The summed E-state index contributed by atoms with van der Waals surface area (Å²) in [6.07, 6.45) is 1.61. The average molecular weight is 550 g/mol. The van der Waals surface area contributed by atoms with Crippen LogP contribution in [0.4, 0.5) is 19.3 Å². The monoisotopic (exact) mass is 549 g/mol. The zero-order valence-corrected chi connectivity index (χ0v) is 20.4. The Morgan fingerprint density at radius 1 is 0.943 bits per heavy atom. The number of halogens is 3. The van der Waals surface area contributed by atoms with Crippen molar-refractivity contribution in [1.29, 1.82) is 0 Å².